The molecule has 3 rings (SSSR count). The zero-order valence-corrected chi connectivity index (χ0v) is 11.8. The maximum atomic E-state index is 13.4. The van der Waals surface area contributed by atoms with E-state index in [4.69, 9.17) is 35.4 Å². The number of aromatic amines is 1. The summed E-state index contributed by atoms with van der Waals surface area (Å²) in [5.41, 5.74) is 1.94. The van der Waals surface area contributed by atoms with E-state index in [-0.39, 0.29) is 5.82 Å². The lowest BCUT2D eigenvalue weighted by molar-refractivity contribution is 0.626. The van der Waals surface area contributed by atoms with Crippen LogP contribution in [0.2, 0.25) is 10.0 Å². The van der Waals surface area contributed by atoms with E-state index < -0.39 is 0 Å². The summed E-state index contributed by atoms with van der Waals surface area (Å²) in [6.07, 6.45) is 0. The van der Waals surface area contributed by atoms with E-state index in [1.807, 2.05) is 6.07 Å². The van der Waals surface area contributed by atoms with E-state index in [9.17, 15) is 4.39 Å². The van der Waals surface area contributed by atoms with Gasteiger partial charge in [-0.05, 0) is 42.5 Å². The van der Waals surface area contributed by atoms with Gasteiger partial charge in [0.15, 0.2) is 4.77 Å². The van der Waals surface area contributed by atoms with Crippen LogP contribution < -0.4 is 0 Å². The number of rotatable bonds is 1. The first kappa shape index (κ1) is 12.7. The van der Waals surface area contributed by atoms with Gasteiger partial charge in [-0.15, -0.1) is 0 Å². The molecule has 0 saturated heterocycles. The number of para-hydroxylation sites is 1. The standard InChI is InChI=1S/C13H7Cl2FN2S/c14-8-5-4-7(16)6-11(8)18-10-3-1-2-9(15)12(10)17-13(18)19/h1-6H,(H,17,19). The van der Waals surface area contributed by atoms with Crippen molar-refractivity contribution in [2.45, 2.75) is 0 Å². The topological polar surface area (TPSA) is 20.7 Å². The number of aromatic nitrogens is 2. The zero-order chi connectivity index (χ0) is 13.6. The summed E-state index contributed by atoms with van der Waals surface area (Å²) in [5, 5.41) is 0.966. The van der Waals surface area contributed by atoms with Gasteiger partial charge >= 0.3 is 0 Å². The van der Waals surface area contributed by atoms with Crippen LogP contribution in [-0.4, -0.2) is 9.55 Å². The molecule has 0 atom stereocenters. The van der Waals surface area contributed by atoms with Gasteiger partial charge in [0.1, 0.15) is 5.82 Å². The minimum Gasteiger partial charge on any atom is -0.329 e. The van der Waals surface area contributed by atoms with Crippen molar-refractivity contribution in [3.05, 3.63) is 57.0 Å². The summed E-state index contributed by atoms with van der Waals surface area (Å²) < 4.78 is 15.5. The highest BCUT2D eigenvalue weighted by atomic mass is 35.5. The first-order valence-corrected chi connectivity index (χ1v) is 6.59. The summed E-state index contributed by atoms with van der Waals surface area (Å²) in [7, 11) is 0. The Hall–Kier alpha value is -1.36. The Bertz CT molecular complexity index is 838. The molecular formula is C13H7Cl2FN2S. The Morgan fingerprint density at radius 1 is 1.11 bits per heavy atom. The lowest BCUT2D eigenvalue weighted by Gasteiger charge is -2.07. The van der Waals surface area contributed by atoms with Gasteiger partial charge in [0.2, 0.25) is 0 Å². The number of nitrogens with one attached hydrogen (secondary N) is 1. The third-order valence-electron chi connectivity index (χ3n) is 2.82. The summed E-state index contributed by atoms with van der Waals surface area (Å²) in [6.45, 7) is 0. The zero-order valence-electron chi connectivity index (χ0n) is 9.45. The molecule has 3 aromatic rings. The molecule has 0 aliphatic heterocycles. The Kier molecular flexibility index (Phi) is 3.09. The van der Waals surface area contributed by atoms with E-state index in [2.05, 4.69) is 4.98 Å². The number of nitrogens with zero attached hydrogens (tertiary/aromatic N) is 1. The molecule has 1 aromatic heterocycles. The third kappa shape index (κ3) is 2.06. The molecule has 0 fully saturated rings. The van der Waals surface area contributed by atoms with E-state index in [0.717, 1.165) is 5.52 Å². The summed E-state index contributed by atoms with van der Waals surface area (Å²) >= 11 is 17.5. The molecule has 19 heavy (non-hydrogen) atoms. The molecule has 0 unspecified atom stereocenters. The minimum absolute atomic E-state index is 0.377. The number of benzene rings is 2. The molecule has 1 N–H and O–H groups in total. The number of fused-ring (bicyclic) bond motifs is 1. The van der Waals surface area contributed by atoms with Crippen molar-refractivity contribution in [2.75, 3.05) is 0 Å². The number of halogens is 3. The molecule has 0 saturated carbocycles. The van der Waals surface area contributed by atoms with Crippen molar-refractivity contribution in [3.8, 4) is 5.69 Å². The van der Waals surface area contributed by atoms with Crippen LogP contribution in [0.15, 0.2) is 36.4 Å². The molecule has 0 aliphatic carbocycles. The van der Waals surface area contributed by atoms with E-state index in [1.165, 1.54) is 18.2 Å². The summed E-state index contributed by atoms with van der Waals surface area (Å²) in [5.74, 6) is -0.377. The van der Waals surface area contributed by atoms with Crippen LogP contribution in [0.1, 0.15) is 0 Å². The van der Waals surface area contributed by atoms with Crippen LogP contribution in [0.3, 0.4) is 0 Å². The number of hydrogen-bond acceptors (Lipinski definition) is 1. The van der Waals surface area contributed by atoms with Crippen LogP contribution in [0.4, 0.5) is 4.39 Å². The van der Waals surface area contributed by atoms with E-state index in [1.54, 1.807) is 16.7 Å². The summed E-state index contributed by atoms with van der Waals surface area (Å²) in [4.78, 5) is 3.01. The quantitative estimate of drug-likeness (QED) is 0.617. The third-order valence-corrected chi connectivity index (χ3v) is 3.74. The monoisotopic (exact) mass is 312 g/mol. The second-order valence-corrected chi connectivity index (χ2v) is 5.20. The molecule has 0 spiro atoms. The maximum Gasteiger partial charge on any atom is 0.182 e. The Morgan fingerprint density at radius 3 is 2.68 bits per heavy atom. The van der Waals surface area contributed by atoms with E-state index >= 15 is 0 Å². The van der Waals surface area contributed by atoms with Crippen LogP contribution in [0.25, 0.3) is 16.7 Å². The van der Waals surface area contributed by atoms with Crippen molar-refractivity contribution in [1.29, 1.82) is 0 Å². The smallest absolute Gasteiger partial charge is 0.182 e. The fraction of sp³-hybridized carbons (Fsp3) is 0. The summed E-state index contributed by atoms with van der Waals surface area (Å²) in [6, 6.07) is 9.54. The first-order valence-electron chi connectivity index (χ1n) is 5.42. The van der Waals surface area contributed by atoms with Crippen LogP contribution in [-0.2, 0) is 0 Å². The van der Waals surface area contributed by atoms with Gasteiger partial charge in [-0.2, -0.15) is 0 Å². The molecule has 2 nitrogen and oxygen atoms in total. The molecule has 0 aliphatic rings. The van der Waals surface area contributed by atoms with Gasteiger partial charge < -0.3 is 4.98 Å². The Morgan fingerprint density at radius 2 is 1.89 bits per heavy atom. The van der Waals surface area contributed by atoms with Gasteiger partial charge in [0.25, 0.3) is 0 Å². The highest BCUT2D eigenvalue weighted by molar-refractivity contribution is 7.71. The fourth-order valence-corrected chi connectivity index (χ4v) is 2.71. The van der Waals surface area contributed by atoms with Gasteiger partial charge in [0.05, 0.1) is 26.8 Å². The Labute approximate surface area is 123 Å². The van der Waals surface area contributed by atoms with Crippen molar-refractivity contribution < 1.29 is 4.39 Å². The maximum absolute atomic E-state index is 13.4. The lowest BCUT2D eigenvalue weighted by Crippen LogP contribution is -1.96. The molecule has 96 valence electrons. The second kappa shape index (κ2) is 4.63. The minimum atomic E-state index is -0.377. The molecular weight excluding hydrogens is 306 g/mol. The van der Waals surface area contributed by atoms with Crippen LogP contribution >= 0.6 is 35.4 Å². The van der Waals surface area contributed by atoms with Gasteiger partial charge in [-0.25, -0.2) is 4.39 Å². The molecule has 0 bridgehead atoms. The Balaban J connectivity index is 2.43. The fourth-order valence-electron chi connectivity index (χ4n) is 1.99. The second-order valence-electron chi connectivity index (χ2n) is 4.00. The largest absolute Gasteiger partial charge is 0.329 e. The number of imidazole rings is 1. The highest BCUT2D eigenvalue weighted by Crippen LogP contribution is 2.29. The van der Waals surface area contributed by atoms with Gasteiger partial charge in [0, 0.05) is 0 Å². The van der Waals surface area contributed by atoms with Crippen molar-refractivity contribution >= 4 is 46.5 Å². The first-order chi connectivity index (χ1) is 9.08. The number of hydrogen-bond donors (Lipinski definition) is 1. The normalized spacial score (nSPS) is 11.1. The van der Waals surface area contributed by atoms with Crippen molar-refractivity contribution in [1.82, 2.24) is 9.55 Å². The molecule has 6 heteroatoms. The molecule has 0 radical (unpaired) electrons. The SMILES string of the molecule is Fc1ccc(Cl)c(-n2c(=S)[nH]c3c(Cl)cccc32)c1. The lowest BCUT2D eigenvalue weighted by atomic mass is 10.2. The average molecular weight is 313 g/mol. The molecule has 0 amide bonds. The van der Waals surface area contributed by atoms with Crippen molar-refractivity contribution in [2.24, 2.45) is 0 Å². The van der Waals surface area contributed by atoms with E-state index in [0.29, 0.717) is 26.0 Å². The van der Waals surface area contributed by atoms with Crippen LogP contribution in [0, 0.1) is 10.6 Å². The highest BCUT2D eigenvalue weighted by Gasteiger charge is 2.12. The van der Waals surface area contributed by atoms with Gasteiger partial charge in [-0.1, -0.05) is 29.3 Å². The predicted molar refractivity (Wildman–Crippen MR) is 78.4 cm³/mol. The average Bonchev–Trinajstić information content (AvgIpc) is 2.70. The predicted octanol–water partition coefficient (Wildman–Crippen LogP) is 5.13. The van der Waals surface area contributed by atoms with Gasteiger partial charge in [-0.3, -0.25) is 4.57 Å². The molecule has 2 aromatic carbocycles. The van der Waals surface area contributed by atoms with Crippen molar-refractivity contribution in [3.63, 3.8) is 0 Å². The van der Waals surface area contributed by atoms with Crippen LogP contribution in [0.5, 0.6) is 0 Å². The number of H-pyrrole nitrogens is 1. The molecule has 1 heterocycles.